The van der Waals surface area contributed by atoms with Crippen molar-refractivity contribution in [2.24, 2.45) is 5.41 Å². The lowest BCUT2D eigenvalue weighted by Crippen LogP contribution is -2.49. The third-order valence-electron chi connectivity index (χ3n) is 3.91. The Morgan fingerprint density at radius 2 is 2.20 bits per heavy atom. The molecule has 1 aromatic carbocycles. The van der Waals surface area contributed by atoms with Crippen molar-refractivity contribution in [2.75, 3.05) is 19.8 Å². The van der Waals surface area contributed by atoms with Crippen LogP contribution in [-0.4, -0.2) is 25.8 Å². The number of halogens is 1. The molecule has 108 valence electrons. The maximum Gasteiger partial charge on any atom is 0.169 e. The quantitative estimate of drug-likeness (QED) is 0.911. The second-order valence-electron chi connectivity index (χ2n) is 6.20. The number of furan rings is 1. The summed E-state index contributed by atoms with van der Waals surface area (Å²) in [6, 6.07) is 6.04. The molecular formula is C16H20FNO2. The van der Waals surface area contributed by atoms with E-state index in [-0.39, 0.29) is 11.2 Å². The van der Waals surface area contributed by atoms with E-state index >= 15 is 0 Å². The first-order valence-electron chi connectivity index (χ1n) is 7.02. The molecule has 1 aromatic heterocycles. The molecule has 1 atom stereocenters. The van der Waals surface area contributed by atoms with Crippen LogP contribution < -0.4 is 5.32 Å². The topological polar surface area (TPSA) is 34.4 Å². The summed E-state index contributed by atoms with van der Waals surface area (Å²) in [5.74, 6) is -0.296. The molecule has 0 amide bonds. The predicted molar refractivity (Wildman–Crippen MR) is 76.3 cm³/mol. The van der Waals surface area contributed by atoms with Gasteiger partial charge in [0.2, 0.25) is 0 Å². The highest BCUT2D eigenvalue weighted by molar-refractivity contribution is 5.78. The van der Waals surface area contributed by atoms with E-state index in [9.17, 15) is 4.39 Å². The zero-order valence-corrected chi connectivity index (χ0v) is 11.9. The third kappa shape index (κ3) is 2.72. The minimum absolute atomic E-state index is 0.280. The highest BCUT2D eigenvalue weighted by Gasteiger charge is 2.33. The van der Waals surface area contributed by atoms with Crippen LogP contribution in [0, 0.1) is 11.2 Å². The summed E-state index contributed by atoms with van der Waals surface area (Å²) in [5, 5.41) is 4.09. The lowest BCUT2D eigenvalue weighted by Gasteiger charge is -2.39. The highest BCUT2D eigenvalue weighted by Crippen LogP contribution is 2.25. The van der Waals surface area contributed by atoms with Gasteiger partial charge >= 0.3 is 0 Å². The molecule has 0 saturated carbocycles. The Balaban J connectivity index is 1.60. The van der Waals surface area contributed by atoms with E-state index in [0.29, 0.717) is 17.0 Å². The number of fused-ring (bicyclic) bond motifs is 1. The van der Waals surface area contributed by atoms with Crippen molar-refractivity contribution in [2.45, 2.75) is 26.3 Å². The van der Waals surface area contributed by atoms with Gasteiger partial charge in [-0.3, -0.25) is 0 Å². The Labute approximate surface area is 118 Å². The molecule has 1 saturated heterocycles. The van der Waals surface area contributed by atoms with Crippen molar-refractivity contribution in [1.29, 1.82) is 0 Å². The van der Waals surface area contributed by atoms with Gasteiger partial charge in [0.1, 0.15) is 11.8 Å². The monoisotopic (exact) mass is 277 g/mol. The Morgan fingerprint density at radius 1 is 1.40 bits per heavy atom. The van der Waals surface area contributed by atoms with Crippen LogP contribution in [0.2, 0.25) is 0 Å². The van der Waals surface area contributed by atoms with E-state index in [1.165, 1.54) is 0 Å². The van der Waals surface area contributed by atoms with Crippen molar-refractivity contribution in [1.82, 2.24) is 5.32 Å². The maximum atomic E-state index is 13.3. The van der Waals surface area contributed by atoms with Gasteiger partial charge in [0.05, 0.1) is 18.6 Å². The summed E-state index contributed by atoms with van der Waals surface area (Å²) < 4.78 is 23.8. The Hall–Kier alpha value is -1.39. The van der Waals surface area contributed by atoms with Crippen LogP contribution in [0.4, 0.5) is 4.39 Å². The van der Waals surface area contributed by atoms with E-state index in [1.807, 2.05) is 12.1 Å². The van der Waals surface area contributed by atoms with Gasteiger partial charge in [-0.15, -0.1) is 0 Å². The van der Waals surface area contributed by atoms with Crippen LogP contribution >= 0.6 is 0 Å². The first-order valence-corrected chi connectivity index (χ1v) is 7.02. The number of hydrogen-bond acceptors (Lipinski definition) is 3. The fraction of sp³-hybridized carbons (Fsp3) is 0.500. The molecule has 4 heteroatoms. The Bertz CT molecular complexity index is 604. The molecule has 0 aliphatic carbocycles. The number of nitrogens with one attached hydrogen (secondary N) is 1. The minimum atomic E-state index is -0.296. The summed E-state index contributed by atoms with van der Waals surface area (Å²) in [7, 11) is 0. The first-order chi connectivity index (χ1) is 9.56. The van der Waals surface area contributed by atoms with Crippen LogP contribution in [0.5, 0.6) is 0 Å². The molecule has 2 aromatic rings. The van der Waals surface area contributed by atoms with E-state index in [4.69, 9.17) is 9.15 Å². The van der Waals surface area contributed by atoms with Gasteiger partial charge in [0.15, 0.2) is 5.82 Å². The number of ether oxygens (including phenoxy) is 1. The molecule has 0 bridgehead atoms. The molecule has 1 aliphatic rings. The molecule has 1 aliphatic heterocycles. The normalized spacial score (nSPS) is 18.9. The van der Waals surface area contributed by atoms with Gasteiger partial charge in [-0.1, -0.05) is 13.0 Å². The van der Waals surface area contributed by atoms with Crippen LogP contribution in [0.15, 0.2) is 28.9 Å². The lowest BCUT2D eigenvalue weighted by molar-refractivity contribution is -0.0998. The van der Waals surface area contributed by atoms with Gasteiger partial charge in [-0.25, -0.2) is 4.39 Å². The predicted octanol–water partition coefficient (Wildman–Crippen LogP) is 3.13. The standard InChI is InChI=1S/C16H20FNO2/c1-11(18-8-16(2)9-19-10-16)5-12-3-4-13-14(17)7-20-15(13)6-12/h3-4,6-7,11,18H,5,8-10H2,1-2H3. The van der Waals surface area contributed by atoms with Gasteiger partial charge in [0.25, 0.3) is 0 Å². The third-order valence-corrected chi connectivity index (χ3v) is 3.91. The van der Waals surface area contributed by atoms with Crippen molar-refractivity contribution in [3.8, 4) is 0 Å². The van der Waals surface area contributed by atoms with Gasteiger partial charge in [-0.2, -0.15) is 0 Å². The molecular weight excluding hydrogens is 257 g/mol. The summed E-state index contributed by atoms with van der Waals surface area (Å²) >= 11 is 0. The van der Waals surface area contributed by atoms with Gasteiger partial charge < -0.3 is 14.5 Å². The molecule has 1 unspecified atom stereocenters. The summed E-state index contributed by atoms with van der Waals surface area (Å²) in [5.41, 5.74) is 2.05. The molecule has 1 N–H and O–H groups in total. The molecule has 20 heavy (non-hydrogen) atoms. The zero-order valence-electron chi connectivity index (χ0n) is 11.9. The van der Waals surface area contributed by atoms with E-state index < -0.39 is 0 Å². The first kappa shape index (κ1) is 13.6. The zero-order chi connectivity index (χ0) is 14.2. The van der Waals surface area contributed by atoms with Crippen molar-refractivity contribution in [3.63, 3.8) is 0 Å². The maximum absolute atomic E-state index is 13.3. The fourth-order valence-corrected chi connectivity index (χ4v) is 2.57. The van der Waals surface area contributed by atoms with Gasteiger partial charge in [0, 0.05) is 18.0 Å². The van der Waals surface area contributed by atoms with Crippen molar-refractivity contribution >= 4 is 11.0 Å². The van der Waals surface area contributed by atoms with Crippen LogP contribution in [-0.2, 0) is 11.2 Å². The molecule has 0 radical (unpaired) electrons. The minimum Gasteiger partial charge on any atom is -0.461 e. The molecule has 0 spiro atoms. The largest absolute Gasteiger partial charge is 0.461 e. The van der Waals surface area contributed by atoms with Crippen LogP contribution in [0.25, 0.3) is 11.0 Å². The van der Waals surface area contributed by atoms with E-state index in [1.54, 1.807) is 6.07 Å². The van der Waals surface area contributed by atoms with Crippen molar-refractivity contribution in [3.05, 3.63) is 35.8 Å². The summed E-state index contributed by atoms with van der Waals surface area (Å²) in [6.45, 7) is 7.03. The van der Waals surface area contributed by atoms with E-state index in [2.05, 4.69) is 19.2 Å². The Morgan fingerprint density at radius 3 is 2.90 bits per heavy atom. The van der Waals surface area contributed by atoms with Crippen molar-refractivity contribution < 1.29 is 13.5 Å². The smallest absolute Gasteiger partial charge is 0.169 e. The van der Waals surface area contributed by atoms with E-state index in [0.717, 1.165) is 38.0 Å². The molecule has 2 heterocycles. The average molecular weight is 277 g/mol. The van der Waals surface area contributed by atoms with Crippen LogP contribution in [0.1, 0.15) is 19.4 Å². The molecule has 1 fully saturated rings. The number of hydrogen-bond donors (Lipinski definition) is 1. The molecule has 3 rings (SSSR count). The summed E-state index contributed by atoms with van der Waals surface area (Å²) in [4.78, 5) is 0. The lowest BCUT2D eigenvalue weighted by atomic mass is 9.88. The molecule has 3 nitrogen and oxygen atoms in total. The number of benzene rings is 1. The van der Waals surface area contributed by atoms with Crippen LogP contribution in [0.3, 0.4) is 0 Å². The highest BCUT2D eigenvalue weighted by atomic mass is 19.1. The Kier molecular flexibility index (Phi) is 3.52. The second kappa shape index (κ2) is 5.19. The SMILES string of the molecule is CC(Cc1ccc2c(F)coc2c1)NCC1(C)COC1. The number of rotatable bonds is 5. The fourth-order valence-electron chi connectivity index (χ4n) is 2.57. The average Bonchev–Trinajstić information content (AvgIpc) is 2.75. The van der Waals surface area contributed by atoms with Gasteiger partial charge in [-0.05, 0) is 31.0 Å². The summed E-state index contributed by atoms with van der Waals surface area (Å²) in [6.07, 6.45) is 2.06. The second-order valence-corrected chi connectivity index (χ2v) is 6.20.